The maximum absolute atomic E-state index is 8.25. The first-order valence-electron chi connectivity index (χ1n) is 2.15. The van der Waals surface area contributed by atoms with Crippen LogP contribution in [0.1, 0.15) is 0 Å². The van der Waals surface area contributed by atoms with Crippen molar-refractivity contribution in [3.8, 4) is 0 Å². The van der Waals surface area contributed by atoms with Gasteiger partial charge in [0.1, 0.15) is 5.10 Å². The molecule has 0 atom stereocenters. The maximum atomic E-state index is 8.25. The number of nitrogens with zero attached hydrogens (tertiary/aromatic N) is 3. The average Bonchev–Trinajstić information content (AvgIpc) is 2.15. The molecule has 0 fully saturated rings. The number of hydrazine groups is 1. The zero-order chi connectivity index (χ0) is 7.98. The van der Waals surface area contributed by atoms with E-state index in [0.717, 1.165) is 0 Å². The lowest BCUT2D eigenvalue weighted by atomic mass is 11.0. The van der Waals surface area contributed by atoms with Crippen LogP contribution in [0.15, 0.2) is 5.10 Å². The molecule has 56 valence electrons. The second kappa shape index (κ2) is 4.24. The summed E-state index contributed by atoms with van der Waals surface area (Å²) in [7, 11) is 0. The smallest absolute Gasteiger partial charge is 0.356 e. The summed E-state index contributed by atoms with van der Waals surface area (Å²) in [5.41, 5.74) is 2.59. The minimum atomic E-state index is -1.75. The summed E-state index contributed by atoms with van der Waals surface area (Å²) >= 11 is 0. The predicted octanol–water partition coefficient (Wildman–Crippen LogP) is -1.70. The van der Waals surface area contributed by atoms with E-state index in [1.807, 2.05) is 0 Å². The molecule has 0 saturated heterocycles. The van der Waals surface area contributed by atoms with Crippen LogP contribution in [0.2, 0.25) is 0 Å². The lowest BCUT2D eigenvalue weighted by Gasteiger charge is -1.84. The molecule has 1 rings (SSSR count). The van der Waals surface area contributed by atoms with Crippen molar-refractivity contribution >= 4 is 6.34 Å². The van der Waals surface area contributed by atoms with Gasteiger partial charge in [-0.25, -0.2) is 11.3 Å². The molecular weight excluding hydrogens is 142 g/mol. The number of nitrogens with one attached hydrogen (secondary N) is 1. The van der Waals surface area contributed by atoms with E-state index in [4.69, 9.17) is 21.2 Å². The van der Waals surface area contributed by atoms with E-state index in [2.05, 4.69) is 16.9 Å². The topological polar surface area (TPSA) is 120 Å². The lowest BCUT2D eigenvalue weighted by Crippen LogP contribution is -2.29. The van der Waals surface area contributed by atoms with Crippen LogP contribution in [-0.4, -0.2) is 23.1 Å². The van der Waals surface area contributed by atoms with Crippen molar-refractivity contribution in [1.82, 2.24) is 10.4 Å². The molecule has 0 radical (unpaired) electrons. The third-order valence-corrected chi connectivity index (χ3v) is 0.499. The molecule has 1 heterocycles. The first-order chi connectivity index (χ1) is 4.63. The highest BCUT2D eigenvalue weighted by Gasteiger charge is 2.13. The monoisotopic (exact) mass is 147 g/mol. The summed E-state index contributed by atoms with van der Waals surface area (Å²) in [5, 5.41) is 19.5. The van der Waals surface area contributed by atoms with Gasteiger partial charge in [0.15, 0.2) is 6.67 Å². The fourth-order valence-electron chi connectivity index (χ4n) is 0.246. The molecule has 0 bridgehead atoms. The number of rotatable bonds is 0. The standard InChI is InChI=1S/C2H5N4.NO3/c3-6-1-4-5-2-6;2-1(3)4/h4H,1,3H2;/q+1;-1. The highest BCUT2D eigenvalue weighted by Crippen LogP contribution is 1.72. The average molecular weight is 147 g/mol. The Morgan fingerprint density at radius 3 is 2.40 bits per heavy atom. The minimum absolute atomic E-state index is 0.569. The van der Waals surface area contributed by atoms with E-state index < -0.39 is 5.09 Å². The Morgan fingerprint density at radius 2 is 2.30 bits per heavy atom. The van der Waals surface area contributed by atoms with Gasteiger partial charge in [-0.15, -0.1) is 0 Å². The Kier molecular flexibility index (Phi) is 3.54. The molecule has 0 aliphatic carbocycles. The fraction of sp³-hybridized carbons (Fsp3) is 0.500. The predicted molar refractivity (Wildman–Crippen MR) is 31.8 cm³/mol. The summed E-state index contributed by atoms with van der Waals surface area (Å²) in [4.78, 5) is 8.25. The molecule has 1 aliphatic rings. The van der Waals surface area contributed by atoms with Crippen LogP contribution < -0.4 is 11.3 Å². The van der Waals surface area contributed by atoms with Crippen molar-refractivity contribution in [2.24, 2.45) is 10.9 Å². The molecular formula is C2H5N5O3. The Balaban J connectivity index is 0.000000180. The first kappa shape index (κ1) is 8.34. The minimum Gasteiger partial charge on any atom is -0.356 e. The van der Waals surface area contributed by atoms with Gasteiger partial charge in [0.05, 0.1) is 5.09 Å². The van der Waals surface area contributed by atoms with Crippen LogP contribution in [-0.2, 0) is 0 Å². The summed E-state index contributed by atoms with van der Waals surface area (Å²) in [6, 6.07) is 0. The number of hydrogen-bond donors (Lipinski definition) is 2. The van der Waals surface area contributed by atoms with Crippen molar-refractivity contribution < 1.29 is 5.09 Å². The Labute approximate surface area is 56.0 Å². The SMILES string of the molecule is NN1[C+]=NNC1.O=[N+]([O-])[O-]. The van der Waals surface area contributed by atoms with Gasteiger partial charge in [-0.3, -0.25) is 0 Å². The molecule has 1 aliphatic heterocycles. The van der Waals surface area contributed by atoms with E-state index in [-0.39, 0.29) is 0 Å². The molecule has 10 heavy (non-hydrogen) atoms. The first-order valence-corrected chi connectivity index (χ1v) is 2.15. The number of nitrogens with two attached hydrogens (primary N) is 1. The van der Waals surface area contributed by atoms with Crippen LogP contribution in [0.4, 0.5) is 0 Å². The van der Waals surface area contributed by atoms with Crippen LogP contribution in [0.5, 0.6) is 0 Å². The molecule has 0 amide bonds. The van der Waals surface area contributed by atoms with E-state index >= 15 is 0 Å². The zero-order valence-electron chi connectivity index (χ0n) is 4.85. The van der Waals surface area contributed by atoms with Crippen molar-refractivity contribution in [3.05, 3.63) is 15.3 Å². The highest BCUT2D eigenvalue weighted by atomic mass is 16.9. The second-order valence-corrected chi connectivity index (χ2v) is 1.22. The third-order valence-electron chi connectivity index (χ3n) is 0.499. The lowest BCUT2D eigenvalue weighted by molar-refractivity contribution is -0.402. The number of hydrazone groups is 1. The summed E-state index contributed by atoms with van der Waals surface area (Å²) in [6.07, 6.45) is 2.44. The molecule has 3 N–H and O–H groups in total. The van der Waals surface area contributed by atoms with Crippen LogP contribution in [0, 0.1) is 15.3 Å². The van der Waals surface area contributed by atoms with Gasteiger partial charge in [0, 0.05) is 0 Å². The molecule has 0 unspecified atom stereocenters. The number of hydrogen-bond acceptors (Lipinski definition) is 7. The van der Waals surface area contributed by atoms with E-state index in [0.29, 0.717) is 6.67 Å². The molecule has 0 spiro atoms. The molecule has 0 aromatic rings. The van der Waals surface area contributed by atoms with Gasteiger partial charge in [0.25, 0.3) is 0 Å². The molecule has 8 heteroatoms. The quantitative estimate of drug-likeness (QED) is 0.182. The van der Waals surface area contributed by atoms with Gasteiger partial charge < -0.3 is 15.3 Å². The summed E-state index contributed by atoms with van der Waals surface area (Å²) in [6.45, 7) is 0.569. The molecule has 0 saturated carbocycles. The van der Waals surface area contributed by atoms with Gasteiger partial charge >= 0.3 is 6.34 Å². The van der Waals surface area contributed by atoms with E-state index in [1.165, 1.54) is 5.01 Å². The Hall–Kier alpha value is -1.66. The molecule has 0 aromatic carbocycles. The summed E-state index contributed by atoms with van der Waals surface area (Å²) < 4.78 is 0. The Bertz CT molecular complexity index is 131. The normalized spacial score (nSPS) is 12.7. The Morgan fingerprint density at radius 1 is 1.80 bits per heavy atom. The third kappa shape index (κ3) is 6.34. The van der Waals surface area contributed by atoms with Crippen molar-refractivity contribution in [2.75, 3.05) is 6.67 Å². The van der Waals surface area contributed by atoms with Crippen LogP contribution >= 0.6 is 0 Å². The second-order valence-electron chi connectivity index (χ2n) is 1.22. The molecule has 0 aromatic heterocycles. The van der Waals surface area contributed by atoms with Gasteiger partial charge in [0.2, 0.25) is 0 Å². The van der Waals surface area contributed by atoms with E-state index in [1.54, 1.807) is 0 Å². The van der Waals surface area contributed by atoms with Crippen molar-refractivity contribution in [3.63, 3.8) is 0 Å². The van der Waals surface area contributed by atoms with E-state index in [9.17, 15) is 0 Å². The van der Waals surface area contributed by atoms with Crippen LogP contribution in [0.3, 0.4) is 0 Å². The van der Waals surface area contributed by atoms with Crippen molar-refractivity contribution in [1.29, 1.82) is 0 Å². The highest BCUT2D eigenvalue weighted by molar-refractivity contribution is 5.54. The van der Waals surface area contributed by atoms with Gasteiger partial charge in [-0.05, 0) is 0 Å². The fourth-order valence-corrected chi connectivity index (χ4v) is 0.246. The molecule has 8 nitrogen and oxygen atoms in total. The van der Waals surface area contributed by atoms with Gasteiger partial charge in [-0.2, -0.15) is 0 Å². The zero-order valence-corrected chi connectivity index (χ0v) is 4.85. The largest absolute Gasteiger partial charge is 0.560 e. The maximum Gasteiger partial charge on any atom is 0.560 e. The van der Waals surface area contributed by atoms with Gasteiger partial charge in [-0.1, -0.05) is 5.01 Å². The van der Waals surface area contributed by atoms with Crippen LogP contribution in [0.25, 0.3) is 0 Å². The summed E-state index contributed by atoms with van der Waals surface area (Å²) in [5.74, 6) is 5.10. The van der Waals surface area contributed by atoms with Crippen molar-refractivity contribution in [2.45, 2.75) is 0 Å².